The molecule has 96 valence electrons. The molecule has 1 amide bonds. The zero-order valence-corrected chi connectivity index (χ0v) is 10.9. The molecule has 6 heteroatoms. The quantitative estimate of drug-likeness (QED) is 0.853. The normalized spacial score (nSPS) is 11.6. The molecule has 0 saturated heterocycles. The molecule has 0 atom stereocenters. The van der Waals surface area contributed by atoms with Gasteiger partial charge in [0.15, 0.2) is 11.5 Å². The molecule has 2 aromatic rings. The monoisotopic (exact) mass is 248 g/mol. The van der Waals surface area contributed by atoms with Crippen LogP contribution in [0.15, 0.2) is 16.7 Å². The smallest absolute Gasteiger partial charge is 0.279 e. The summed E-state index contributed by atoms with van der Waals surface area (Å²) in [7, 11) is 0. The van der Waals surface area contributed by atoms with Crippen molar-refractivity contribution in [2.75, 3.05) is 5.32 Å². The van der Waals surface area contributed by atoms with Crippen LogP contribution < -0.4 is 5.32 Å². The van der Waals surface area contributed by atoms with Crippen LogP contribution in [-0.4, -0.2) is 21.3 Å². The SMILES string of the molecule is Cc1cc(C(=O)Nc2cc(C(C)(C)C)[nH]n2)no1. The topological polar surface area (TPSA) is 83.8 Å². The first kappa shape index (κ1) is 12.3. The molecule has 2 N–H and O–H groups in total. The summed E-state index contributed by atoms with van der Waals surface area (Å²) < 4.78 is 4.84. The molecule has 6 nitrogen and oxygen atoms in total. The minimum atomic E-state index is -0.334. The summed E-state index contributed by atoms with van der Waals surface area (Å²) >= 11 is 0. The third-order valence-electron chi connectivity index (χ3n) is 2.49. The van der Waals surface area contributed by atoms with Crippen molar-refractivity contribution in [2.45, 2.75) is 33.1 Å². The second kappa shape index (κ2) is 4.29. The highest BCUT2D eigenvalue weighted by Gasteiger charge is 2.18. The summed E-state index contributed by atoms with van der Waals surface area (Å²) in [5.74, 6) is 0.738. The Morgan fingerprint density at radius 2 is 2.11 bits per heavy atom. The van der Waals surface area contributed by atoms with Gasteiger partial charge < -0.3 is 9.84 Å². The van der Waals surface area contributed by atoms with Gasteiger partial charge in [0.1, 0.15) is 5.76 Å². The molecule has 2 heterocycles. The van der Waals surface area contributed by atoms with Gasteiger partial charge in [-0.1, -0.05) is 25.9 Å². The molecule has 0 unspecified atom stereocenters. The molecule has 2 rings (SSSR count). The van der Waals surface area contributed by atoms with E-state index in [-0.39, 0.29) is 17.0 Å². The molecule has 0 saturated carbocycles. The summed E-state index contributed by atoms with van der Waals surface area (Å²) in [6.45, 7) is 7.92. The Bertz CT molecular complexity index is 563. The van der Waals surface area contributed by atoms with Gasteiger partial charge in [-0.05, 0) is 6.92 Å². The third kappa shape index (κ3) is 2.58. The van der Waals surface area contributed by atoms with Gasteiger partial charge in [0.25, 0.3) is 5.91 Å². The number of aryl methyl sites for hydroxylation is 1. The number of nitrogens with one attached hydrogen (secondary N) is 2. The van der Waals surface area contributed by atoms with E-state index >= 15 is 0 Å². The lowest BCUT2D eigenvalue weighted by Gasteiger charge is -2.14. The Kier molecular flexibility index (Phi) is 2.94. The van der Waals surface area contributed by atoms with Crippen LogP contribution >= 0.6 is 0 Å². The number of hydrogen-bond donors (Lipinski definition) is 2. The van der Waals surface area contributed by atoms with Crippen LogP contribution in [0.2, 0.25) is 0 Å². The van der Waals surface area contributed by atoms with Crippen LogP contribution in [0.3, 0.4) is 0 Å². The fraction of sp³-hybridized carbons (Fsp3) is 0.417. The molecular formula is C12H16N4O2. The zero-order valence-electron chi connectivity index (χ0n) is 10.9. The van der Waals surface area contributed by atoms with Crippen molar-refractivity contribution in [2.24, 2.45) is 0 Å². The Morgan fingerprint density at radius 3 is 2.61 bits per heavy atom. The third-order valence-corrected chi connectivity index (χ3v) is 2.49. The Balaban J connectivity index is 2.10. The fourth-order valence-electron chi connectivity index (χ4n) is 1.42. The first-order valence-corrected chi connectivity index (χ1v) is 5.67. The lowest BCUT2D eigenvalue weighted by Crippen LogP contribution is -2.12. The van der Waals surface area contributed by atoms with E-state index < -0.39 is 0 Å². The largest absolute Gasteiger partial charge is 0.361 e. The maximum Gasteiger partial charge on any atom is 0.279 e. The summed E-state index contributed by atoms with van der Waals surface area (Å²) in [5.41, 5.74) is 1.16. The van der Waals surface area contributed by atoms with E-state index in [1.807, 2.05) is 6.07 Å². The number of H-pyrrole nitrogens is 1. The molecule has 0 bridgehead atoms. The van der Waals surface area contributed by atoms with Crippen molar-refractivity contribution in [3.63, 3.8) is 0 Å². The first-order chi connectivity index (χ1) is 8.36. The van der Waals surface area contributed by atoms with Gasteiger partial charge in [0.2, 0.25) is 0 Å². The predicted molar refractivity (Wildman–Crippen MR) is 66.5 cm³/mol. The van der Waals surface area contributed by atoms with Crippen molar-refractivity contribution < 1.29 is 9.32 Å². The number of carbonyl (C=O) groups excluding carboxylic acids is 1. The maximum atomic E-state index is 11.8. The first-order valence-electron chi connectivity index (χ1n) is 5.67. The van der Waals surface area contributed by atoms with Crippen molar-refractivity contribution in [1.29, 1.82) is 0 Å². The van der Waals surface area contributed by atoms with Crippen LogP contribution in [0, 0.1) is 6.92 Å². The minimum Gasteiger partial charge on any atom is -0.361 e. The number of carbonyl (C=O) groups is 1. The van der Waals surface area contributed by atoms with Crippen molar-refractivity contribution in [1.82, 2.24) is 15.4 Å². The molecule has 0 aliphatic rings. The number of anilines is 1. The van der Waals surface area contributed by atoms with Crippen molar-refractivity contribution >= 4 is 11.7 Å². The van der Waals surface area contributed by atoms with Gasteiger partial charge in [-0.2, -0.15) is 5.10 Å². The summed E-state index contributed by atoms with van der Waals surface area (Å²) in [5, 5.41) is 13.2. The molecule has 2 aromatic heterocycles. The molecule has 18 heavy (non-hydrogen) atoms. The highest BCUT2D eigenvalue weighted by Crippen LogP contribution is 2.22. The van der Waals surface area contributed by atoms with Crippen LogP contribution in [0.25, 0.3) is 0 Å². The number of nitrogens with zero attached hydrogens (tertiary/aromatic N) is 2. The second-order valence-electron chi connectivity index (χ2n) is 5.19. The Morgan fingerprint density at radius 1 is 1.39 bits per heavy atom. The minimum absolute atomic E-state index is 0.0412. The van der Waals surface area contributed by atoms with Crippen LogP contribution in [0.5, 0.6) is 0 Å². The van der Waals surface area contributed by atoms with Gasteiger partial charge in [0.05, 0.1) is 0 Å². The summed E-state index contributed by atoms with van der Waals surface area (Å²) in [6, 6.07) is 3.39. The van der Waals surface area contributed by atoms with E-state index in [1.165, 1.54) is 0 Å². The molecule has 0 aliphatic heterocycles. The molecule has 0 fully saturated rings. The van der Waals surface area contributed by atoms with Gasteiger partial charge in [-0.15, -0.1) is 0 Å². The highest BCUT2D eigenvalue weighted by atomic mass is 16.5. The van der Waals surface area contributed by atoms with E-state index in [9.17, 15) is 4.79 Å². The number of aromatic nitrogens is 3. The lowest BCUT2D eigenvalue weighted by molar-refractivity contribution is 0.101. The second-order valence-corrected chi connectivity index (χ2v) is 5.19. The van der Waals surface area contributed by atoms with Crippen molar-refractivity contribution in [3.8, 4) is 0 Å². The van der Waals surface area contributed by atoms with E-state index in [0.717, 1.165) is 5.69 Å². The average Bonchev–Trinajstić information content (AvgIpc) is 2.85. The summed E-state index contributed by atoms with van der Waals surface area (Å²) in [6.07, 6.45) is 0. The van der Waals surface area contributed by atoms with Crippen molar-refractivity contribution in [3.05, 3.63) is 29.3 Å². The van der Waals surface area contributed by atoms with Gasteiger partial charge in [-0.3, -0.25) is 9.89 Å². The van der Waals surface area contributed by atoms with E-state index in [2.05, 4.69) is 41.4 Å². The van der Waals surface area contributed by atoms with Gasteiger partial charge in [-0.25, -0.2) is 0 Å². The average molecular weight is 248 g/mol. The lowest BCUT2D eigenvalue weighted by atomic mass is 9.92. The molecular weight excluding hydrogens is 232 g/mol. The maximum absolute atomic E-state index is 11.8. The van der Waals surface area contributed by atoms with Gasteiger partial charge in [0, 0.05) is 23.2 Å². The van der Waals surface area contributed by atoms with Crippen LogP contribution in [0.4, 0.5) is 5.82 Å². The number of hydrogen-bond acceptors (Lipinski definition) is 4. The zero-order chi connectivity index (χ0) is 13.3. The number of aromatic amines is 1. The van der Waals surface area contributed by atoms with E-state index in [0.29, 0.717) is 11.6 Å². The van der Waals surface area contributed by atoms with E-state index in [1.54, 1.807) is 13.0 Å². The Labute approximate surface area is 105 Å². The van der Waals surface area contributed by atoms with E-state index in [4.69, 9.17) is 4.52 Å². The molecule has 0 aliphatic carbocycles. The van der Waals surface area contributed by atoms with Crippen LogP contribution in [0.1, 0.15) is 42.7 Å². The van der Waals surface area contributed by atoms with Crippen LogP contribution in [-0.2, 0) is 5.41 Å². The summed E-state index contributed by atoms with van der Waals surface area (Å²) in [4.78, 5) is 11.8. The number of rotatable bonds is 2. The Hall–Kier alpha value is -2.11. The highest BCUT2D eigenvalue weighted by molar-refractivity contribution is 6.02. The number of amides is 1. The predicted octanol–water partition coefficient (Wildman–Crippen LogP) is 2.26. The van der Waals surface area contributed by atoms with Gasteiger partial charge >= 0.3 is 0 Å². The molecule has 0 aromatic carbocycles. The molecule has 0 spiro atoms. The fourth-order valence-corrected chi connectivity index (χ4v) is 1.42. The standard InChI is InChI=1S/C12H16N4O2/c1-7-5-8(16-18-7)11(17)13-10-6-9(14-15-10)12(2,3)4/h5-6H,1-4H3,(H2,13,14,15,17). The molecule has 0 radical (unpaired) electrons.